The largest absolute Gasteiger partial charge is 0.493 e. The minimum atomic E-state index is -0.689. The minimum absolute atomic E-state index is 0.0443. The van der Waals surface area contributed by atoms with Gasteiger partial charge in [0.2, 0.25) is 12.5 Å². The highest BCUT2D eigenvalue weighted by Crippen LogP contribution is 2.56. The van der Waals surface area contributed by atoms with Crippen LogP contribution in [0, 0.1) is 0 Å². The predicted molar refractivity (Wildman–Crippen MR) is 117 cm³/mol. The maximum atomic E-state index is 13.0. The van der Waals surface area contributed by atoms with Crippen LogP contribution in [-0.2, 0) is 15.9 Å². The number of hydrogen-bond acceptors (Lipinski definition) is 10. The van der Waals surface area contributed by atoms with Gasteiger partial charge in [-0.25, -0.2) is 9.59 Å². The van der Waals surface area contributed by atoms with Crippen molar-refractivity contribution in [2.45, 2.75) is 18.6 Å². The molecule has 0 saturated heterocycles. The van der Waals surface area contributed by atoms with E-state index in [0.29, 0.717) is 64.0 Å². The molecule has 0 amide bonds. The summed E-state index contributed by atoms with van der Waals surface area (Å²) in [4.78, 5) is 27.9. The number of hydrogen-bond donors (Lipinski definition) is 0. The Morgan fingerprint density at radius 2 is 1.76 bits per heavy atom. The minimum Gasteiger partial charge on any atom is -0.493 e. The first-order chi connectivity index (χ1) is 16.5. The lowest BCUT2D eigenvalue weighted by Gasteiger charge is -2.39. The van der Waals surface area contributed by atoms with Crippen LogP contribution in [0.2, 0.25) is 0 Å². The Kier molecular flexibility index (Phi) is 5.40. The summed E-state index contributed by atoms with van der Waals surface area (Å²) in [6.45, 7) is 0.554. The molecule has 0 N–H and O–H groups in total. The SMILES string of the molecule is COC(=O)c1c2c(c(OC)c3c1OCO3)[C@H]([C@H]1OC(=O)c3c1ccc(OC)c3OC)N(C)CC2. The number of nitrogens with zero attached hydrogens (tertiary/aromatic N) is 1. The van der Waals surface area contributed by atoms with Gasteiger partial charge in [0.15, 0.2) is 23.0 Å². The van der Waals surface area contributed by atoms with Gasteiger partial charge in [-0.3, -0.25) is 4.90 Å². The number of cyclic esters (lactones) is 1. The van der Waals surface area contributed by atoms with Gasteiger partial charge < -0.3 is 33.2 Å². The van der Waals surface area contributed by atoms with Crippen molar-refractivity contribution in [1.82, 2.24) is 4.90 Å². The van der Waals surface area contributed by atoms with E-state index in [2.05, 4.69) is 4.90 Å². The van der Waals surface area contributed by atoms with Crippen molar-refractivity contribution in [2.75, 3.05) is 48.8 Å². The molecule has 2 aromatic rings. The van der Waals surface area contributed by atoms with Gasteiger partial charge in [0.25, 0.3) is 0 Å². The molecule has 5 rings (SSSR count). The molecule has 180 valence electrons. The molecule has 2 atom stereocenters. The summed E-state index contributed by atoms with van der Waals surface area (Å²) in [5.74, 6) is 0.795. The zero-order chi connectivity index (χ0) is 24.1. The lowest BCUT2D eigenvalue weighted by molar-refractivity contribution is 0.00854. The molecule has 3 heterocycles. The Morgan fingerprint density at radius 3 is 2.44 bits per heavy atom. The molecule has 0 aromatic heterocycles. The van der Waals surface area contributed by atoms with E-state index in [1.165, 1.54) is 28.4 Å². The summed E-state index contributed by atoms with van der Waals surface area (Å²) in [7, 11) is 7.77. The fourth-order valence-electron chi connectivity index (χ4n) is 5.15. The molecule has 0 radical (unpaired) electrons. The van der Waals surface area contributed by atoms with Crippen LogP contribution in [-0.4, -0.2) is 65.7 Å². The second kappa shape index (κ2) is 8.28. The van der Waals surface area contributed by atoms with E-state index < -0.39 is 24.1 Å². The second-order valence-electron chi connectivity index (χ2n) is 8.12. The Hall–Kier alpha value is -3.66. The average molecular weight is 471 g/mol. The third kappa shape index (κ3) is 2.98. The number of carbonyl (C=O) groups is 2. The van der Waals surface area contributed by atoms with E-state index in [1.807, 2.05) is 7.05 Å². The maximum Gasteiger partial charge on any atom is 0.343 e. The Balaban J connectivity index is 1.75. The molecule has 0 bridgehead atoms. The standard InChI is InChI=1S/C24H25NO9/c1-25-9-8-11-14(20(30-4)22-21(32-10-33-22)15(11)23(26)31-5)17(25)18-12-6-7-13(28-2)19(29-3)16(12)24(27)34-18/h6-7,17-18H,8-10H2,1-5H3/t17-,18+/m1/s1. The van der Waals surface area contributed by atoms with Gasteiger partial charge in [0, 0.05) is 17.7 Å². The van der Waals surface area contributed by atoms with Gasteiger partial charge in [0.1, 0.15) is 17.2 Å². The van der Waals surface area contributed by atoms with Crippen molar-refractivity contribution in [3.05, 3.63) is 39.9 Å². The number of benzene rings is 2. The number of methoxy groups -OCH3 is 4. The Morgan fingerprint density at radius 1 is 1.03 bits per heavy atom. The smallest absolute Gasteiger partial charge is 0.343 e. The molecule has 0 unspecified atom stereocenters. The number of ether oxygens (including phenoxy) is 7. The molecule has 10 nitrogen and oxygen atoms in total. The maximum absolute atomic E-state index is 13.0. The monoisotopic (exact) mass is 471 g/mol. The van der Waals surface area contributed by atoms with Crippen LogP contribution in [0.4, 0.5) is 0 Å². The van der Waals surface area contributed by atoms with Gasteiger partial charge in [-0.2, -0.15) is 0 Å². The van der Waals surface area contributed by atoms with E-state index in [4.69, 9.17) is 33.2 Å². The first-order valence-electron chi connectivity index (χ1n) is 10.7. The first-order valence-corrected chi connectivity index (χ1v) is 10.7. The van der Waals surface area contributed by atoms with Gasteiger partial charge in [-0.1, -0.05) is 6.07 Å². The highest BCUT2D eigenvalue weighted by atomic mass is 16.7. The quantitative estimate of drug-likeness (QED) is 0.605. The molecule has 3 aliphatic rings. The first kappa shape index (κ1) is 22.1. The topological polar surface area (TPSA) is 102 Å². The molecule has 3 aliphatic heterocycles. The molecule has 0 aliphatic carbocycles. The zero-order valence-corrected chi connectivity index (χ0v) is 19.6. The Labute approximate surface area is 196 Å². The highest BCUT2D eigenvalue weighted by Gasteiger charge is 2.48. The fraction of sp³-hybridized carbons (Fsp3) is 0.417. The molecule has 2 aromatic carbocycles. The Bertz CT molecular complexity index is 1190. The number of likely N-dealkylation sites (N-methyl/N-ethyl adjacent to an activating group) is 1. The van der Waals surface area contributed by atoms with Crippen LogP contribution < -0.4 is 23.7 Å². The average Bonchev–Trinajstić information content (AvgIpc) is 3.46. The van der Waals surface area contributed by atoms with Gasteiger partial charge >= 0.3 is 11.9 Å². The molecular formula is C24H25NO9. The second-order valence-corrected chi connectivity index (χ2v) is 8.12. The van der Waals surface area contributed by atoms with Crippen LogP contribution >= 0.6 is 0 Å². The summed E-state index contributed by atoms with van der Waals surface area (Å²) in [5, 5.41) is 0. The van der Waals surface area contributed by atoms with Crippen molar-refractivity contribution in [3.8, 4) is 28.7 Å². The summed E-state index contributed by atoms with van der Waals surface area (Å²) in [6, 6.07) is 3.07. The van der Waals surface area contributed by atoms with Crippen molar-refractivity contribution >= 4 is 11.9 Å². The molecule has 0 fully saturated rings. The van der Waals surface area contributed by atoms with Gasteiger partial charge in [-0.15, -0.1) is 0 Å². The van der Waals surface area contributed by atoms with Crippen molar-refractivity contribution in [1.29, 1.82) is 0 Å². The van der Waals surface area contributed by atoms with E-state index >= 15 is 0 Å². The molecule has 0 spiro atoms. The van der Waals surface area contributed by atoms with Crippen LogP contribution in [0.5, 0.6) is 28.7 Å². The highest BCUT2D eigenvalue weighted by molar-refractivity contribution is 5.99. The van der Waals surface area contributed by atoms with Gasteiger partial charge in [0.05, 0.1) is 34.5 Å². The van der Waals surface area contributed by atoms with Crippen LogP contribution in [0.15, 0.2) is 12.1 Å². The van der Waals surface area contributed by atoms with E-state index in [9.17, 15) is 9.59 Å². The van der Waals surface area contributed by atoms with E-state index in [1.54, 1.807) is 12.1 Å². The number of carbonyl (C=O) groups excluding carboxylic acids is 2. The van der Waals surface area contributed by atoms with Crippen molar-refractivity contribution in [2.24, 2.45) is 0 Å². The predicted octanol–water partition coefficient (Wildman–Crippen LogP) is 2.67. The summed E-state index contributed by atoms with van der Waals surface area (Å²) in [6.07, 6.45) is -0.148. The summed E-state index contributed by atoms with van der Waals surface area (Å²) in [5.41, 5.74) is 2.70. The third-order valence-electron chi connectivity index (χ3n) is 6.61. The van der Waals surface area contributed by atoms with E-state index in [0.717, 1.165) is 5.56 Å². The number of fused-ring (bicyclic) bond motifs is 3. The molecule has 0 saturated carbocycles. The molecule has 10 heteroatoms. The number of rotatable bonds is 5. The van der Waals surface area contributed by atoms with Gasteiger partial charge in [-0.05, 0) is 25.1 Å². The summed E-state index contributed by atoms with van der Waals surface area (Å²) >= 11 is 0. The molecular weight excluding hydrogens is 446 g/mol. The summed E-state index contributed by atoms with van der Waals surface area (Å²) < 4.78 is 39.0. The van der Waals surface area contributed by atoms with Crippen molar-refractivity contribution < 1.29 is 42.7 Å². The lowest BCUT2D eigenvalue weighted by Crippen LogP contribution is -2.37. The normalized spacial score (nSPS) is 20.3. The fourth-order valence-corrected chi connectivity index (χ4v) is 5.15. The van der Waals surface area contributed by atoms with E-state index in [-0.39, 0.29) is 6.79 Å². The zero-order valence-electron chi connectivity index (χ0n) is 19.6. The third-order valence-corrected chi connectivity index (χ3v) is 6.61. The van der Waals surface area contributed by atoms with Crippen LogP contribution in [0.25, 0.3) is 0 Å². The van der Waals surface area contributed by atoms with Crippen LogP contribution in [0.1, 0.15) is 49.6 Å². The number of esters is 2. The lowest BCUT2D eigenvalue weighted by atomic mass is 9.83. The van der Waals surface area contributed by atoms with Crippen LogP contribution in [0.3, 0.4) is 0 Å². The van der Waals surface area contributed by atoms with Crippen molar-refractivity contribution in [3.63, 3.8) is 0 Å². The molecule has 34 heavy (non-hydrogen) atoms.